The van der Waals surface area contributed by atoms with Crippen LogP contribution in [0.1, 0.15) is 35.7 Å². The van der Waals surface area contributed by atoms with Gasteiger partial charge in [-0.25, -0.2) is 4.39 Å². The van der Waals surface area contributed by atoms with E-state index in [1.54, 1.807) is 30.3 Å². The molecular formula is C21H21BrFNO5. The van der Waals surface area contributed by atoms with Crippen molar-refractivity contribution in [3.8, 4) is 5.75 Å². The number of hydrogen-bond donors (Lipinski definition) is 1. The quantitative estimate of drug-likeness (QED) is 0.449. The molecule has 1 unspecified atom stereocenters. The molecule has 2 aromatic carbocycles. The number of rotatable bonds is 9. The molecule has 29 heavy (non-hydrogen) atoms. The van der Waals surface area contributed by atoms with Crippen molar-refractivity contribution in [1.29, 1.82) is 0 Å². The van der Waals surface area contributed by atoms with Gasteiger partial charge >= 0.3 is 5.97 Å². The van der Waals surface area contributed by atoms with Crippen LogP contribution in [0.15, 0.2) is 46.9 Å². The van der Waals surface area contributed by atoms with Crippen molar-refractivity contribution in [2.45, 2.75) is 32.4 Å². The molecule has 1 atom stereocenters. The van der Waals surface area contributed by atoms with E-state index >= 15 is 0 Å². The summed E-state index contributed by atoms with van der Waals surface area (Å²) in [6, 6.07) is 10.7. The third-order valence-corrected chi connectivity index (χ3v) is 4.57. The SMILES string of the molecule is COc1ccc(Br)cc1C(=O)CCC(=O)OC(C)C(=O)NCc1ccc(F)cc1. The molecule has 0 aliphatic carbocycles. The van der Waals surface area contributed by atoms with Crippen molar-refractivity contribution >= 4 is 33.6 Å². The topological polar surface area (TPSA) is 81.7 Å². The van der Waals surface area contributed by atoms with E-state index in [4.69, 9.17) is 9.47 Å². The van der Waals surface area contributed by atoms with Crippen molar-refractivity contribution in [1.82, 2.24) is 5.32 Å². The average molecular weight is 466 g/mol. The van der Waals surface area contributed by atoms with Crippen molar-refractivity contribution < 1.29 is 28.2 Å². The third kappa shape index (κ3) is 6.98. The number of Topliss-reactive ketones (excluding diaryl/α,β-unsaturated/α-hetero) is 1. The Hall–Kier alpha value is -2.74. The molecule has 154 valence electrons. The van der Waals surface area contributed by atoms with Gasteiger partial charge in [0.15, 0.2) is 11.9 Å². The van der Waals surface area contributed by atoms with Crippen LogP contribution in [0.3, 0.4) is 0 Å². The number of nitrogens with one attached hydrogen (secondary N) is 1. The molecule has 1 N–H and O–H groups in total. The fourth-order valence-corrected chi connectivity index (χ4v) is 2.85. The van der Waals surface area contributed by atoms with Crippen molar-refractivity contribution in [2.24, 2.45) is 0 Å². The largest absolute Gasteiger partial charge is 0.496 e. The van der Waals surface area contributed by atoms with E-state index in [1.807, 2.05) is 0 Å². The Bertz CT molecular complexity index is 885. The van der Waals surface area contributed by atoms with Gasteiger partial charge in [0.25, 0.3) is 5.91 Å². The smallest absolute Gasteiger partial charge is 0.307 e. The van der Waals surface area contributed by atoms with E-state index in [1.165, 1.54) is 26.2 Å². The number of carbonyl (C=O) groups is 3. The van der Waals surface area contributed by atoms with E-state index < -0.39 is 18.0 Å². The summed E-state index contributed by atoms with van der Waals surface area (Å²) in [6.45, 7) is 1.62. The van der Waals surface area contributed by atoms with Crippen LogP contribution in [-0.4, -0.2) is 30.9 Å². The van der Waals surface area contributed by atoms with Gasteiger partial charge in [0.2, 0.25) is 0 Å². The predicted octanol–water partition coefficient (Wildman–Crippen LogP) is 3.81. The minimum absolute atomic E-state index is 0.0738. The molecule has 0 saturated carbocycles. The number of methoxy groups -OCH3 is 1. The summed E-state index contributed by atoms with van der Waals surface area (Å²) < 4.78 is 23.8. The lowest BCUT2D eigenvalue weighted by Crippen LogP contribution is -2.35. The zero-order valence-corrected chi connectivity index (χ0v) is 17.6. The highest BCUT2D eigenvalue weighted by Crippen LogP contribution is 2.24. The van der Waals surface area contributed by atoms with Crippen LogP contribution in [0.2, 0.25) is 0 Å². The average Bonchev–Trinajstić information content (AvgIpc) is 2.71. The number of ether oxygens (including phenoxy) is 2. The monoisotopic (exact) mass is 465 g/mol. The molecule has 0 radical (unpaired) electrons. The van der Waals surface area contributed by atoms with Crippen LogP contribution in [-0.2, 0) is 20.9 Å². The second-order valence-corrected chi connectivity index (χ2v) is 7.16. The van der Waals surface area contributed by atoms with Crippen LogP contribution >= 0.6 is 15.9 Å². The zero-order chi connectivity index (χ0) is 21.4. The van der Waals surface area contributed by atoms with Gasteiger partial charge in [-0.15, -0.1) is 0 Å². The number of ketones is 1. The van der Waals surface area contributed by atoms with Gasteiger partial charge in [0.1, 0.15) is 11.6 Å². The lowest BCUT2D eigenvalue weighted by atomic mass is 10.1. The predicted molar refractivity (Wildman–Crippen MR) is 108 cm³/mol. The Morgan fingerprint density at radius 1 is 1.10 bits per heavy atom. The maximum atomic E-state index is 12.9. The Labute approximate surface area is 176 Å². The standard InChI is InChI=1S/C21H21BrFNO5/c1-13(21(27)24-12-14-3-6-16(23)7-4-14)29-20(26)10-8-18(25)17-11-15(22)5-9-19(17)28-2/h3-7,9,11,13H,8,10,12H2,1-2H3,(H,24,27). The molecule has 0 aliphatic heterocycles. The summed E-state index contributed by atoms with van der Waals surface area (Å²) in [5, 5.41) is 2.61. The van der Waals surface area contributed by atoms with Crippen molar-refractivity contribution in [3.63, 3.8) is 0 Å². The molecule has 0 fully saturated rings. The number of carbonyl (C=O) groups excluding carboxylic acids is 3. The van der Waals surface area contributed by atoms with E-state index in [-0.39, 0.29) is 31.0 Å². The highest BCUT2D eigenvalue weighted by atomic mass is 79.9. The number of halogens is 2. The molecule has 0 bridgehead atoms. The minimum atomic E-state index is -1.02. The van der Waals surface area contributed by atoms with Gasteiger partial charge in [-0.2, -0.15) is 0 Å². The Morgan fingerprint density at radius 2 is 1.79 bits per heavy atom. The van der Waals surface area contributed by atoms with Crippen molar-refractivity contribution in [2.75, 3.05) is 7.11 Å². The van der Waals surface area contributed by atoms with Gasteiger partial charge in [-0.1, -0.05) is 28.1 Å². The summed E-state index contributed by atoms with van der Waals surface area (Å²) >= 11 is 3.30. The second-order valence-electron chi connectivity index (χ2n) is 6.24. The van der Waals surface area contributed by atoms with Gasteiger partial charge in [0, 0.05) is 17.4 Å². The molecule has 1 amide bonds. The van der Waals surface area contributed by atoms with Crippen LogP contribution in [0.25, 0.3) is 0 Å². The summed E-state index contributed by atoms with van der Waals surface area (Å²) in [5.74, 6) is -1.36. The molecule has 6 nitrogen and oxygen atoms in total. The van der Waals surface area contributed by atoms with Gasteiger partial charge < -0.3 is 14.8 Å². The van der Waals surface area contributed by atoms with E-state index in [9.17, 15) is 18.8 Å². The first-order valence-corrected chi connectivity index (χ1v) is 9.68. The maximum absolute atomic E-state index is 12.9. The normalized spacial score (nSPS) is 11.4. The summed E-state index contributed by atoms with van der Waals surface area (Å²) in [5.41, 5.74) is 1.08. The molecule has 2 aromatic rings. The number of amides is 1. The highest BCUT2D eigenvalue weighted by molar-refractivity contribution is 9.10. The van der Waals surface area contributed by atoms with E-state index in [2.05, 4.69) is 21.2 Å². The third-order valence-electron chi connectivity index (χ3n) is 4.08. The van der Waals surface area contributed by atoms with Crippen LogP contribution in [0.4, 0.5) is 4.39 Å². The van der Waals surface area contributed by atoms with Crippen LogP contribution in [0.5, 0.6) is 5.75 Å². The lowest BCUT2D eigenvalue weighted by Gasteiger charge is -2.14. The molecule has 0 spiro atoms. The van der Waals surface area contributed by atoms with Crippen LogP contribution < -0.4 is 10.1 Å². The summed E-state index contributed by atoms with van der Waals surface area (Å²) in [6.07, 6.45) is -1.25. The molecular weight excluding hydrogens is 445 g/mol. The molecule has 8 heteroatoms. The molecule has 0 heterocycles. The molecule has 0 saturated heterocycles. The fraction of sp³-hybridized carbons (Fsp3) is 0.286. The first-order chi connectivity index (χ1) is 13.8. The van der Waals surface area contributed by atoms with Gasteiger partial charge in [-0.3, -0.25) is 14.4 Å². The molecule has 0 aromatic heterocycles. The fourth-order valence-electron chi connectivity index (χ4n) is 2.49. The number of hydrogen-bond acceptors (Lipinski definition) is 5. The maximum Gasteiger partial charge on any atom is 0.307 e. The molecule has 2 rings (SSSR count). The lowest BCUT2D eigenvalue weighted by molar-refractivity contribution is -0.154. The van der Waals surface area contributed by atoms with E-state index in [0.29, 0.717) is 16.9 Å². The zero-order valence-electron chi connectivity index (χ0n) is 16.0. The first-order valence-electron chi connectivity index (χ1n) is 8.88. The Kier molecular flexibility index (Phi) is 8.33. The van der Waals surface area contributed by atoms with E-state index in [0.717, 1.165) is 4.47 Å². The summed E-state index contributed by atoms with van der Waals surface area (Å²) in [4.78, 5) is 36.4. The second kappa shape index (κ2) is 10.7. The van der Waals surface area contributed by atoms with Crippen molar-refractivity contribution in [3.05, 3.63) is 63.9 Å². The minimum Gasteiger partial charge on any atom is -0.496 e. The Balaban J connectivity index is 1.80. The number of esters is 1. The van der Waals surface area contributed by atoms with Crippen LogP contribution in [0, 0.1) is 5.82 Å². The first kappa shape index (κ1) is 22.5. The highest BCUT2D eigenvalue weighted by Gasteiger charge is 2.20. The van der Waals surface area contributed by atoms with Gasteiger partial charge in [-0.05, 0) is 42.8 Å². The van der Waals surface area contributed by atoms with Gasteiger partial charge in [0.05, 0.1) is 19.1 Å². The Morgan fingerprint density at radius 3 is 2.45 bits per heavy atom. The number of benzene rings is 2. The summed E-state index contributed by atoms with van der Waals surface area (Å²) in [7, 11) is 1.46. The molecule has 0 aliphatic rings.